The third-order valence-electron chi connectivity index (χ3n) is 4.48. The van der Waals surface area contributed by atoms with Gasteiger partial charge in [-0.15, -0.1) is 23.2 Å². The minimum absolute atomic E-state index is 0.282. The minimum atomic E-state index is -1.12. The lowest BCUT2D eigenvalue weighted by Crippen LogP contribution is -2.48. The molecule has 26 heavy (non-hydrogen) atoms. The number of carbonyl (C=O) groups is 1. The van der Waals surface area contributed by atoms with Crippen molar-refractivity contribution in [2.45, 2.75) is 37.1 Å². The van der Waals surface area contributed by atoms with E-state index >= 15 is 0 Å². The molecule has 140 valence electrons. The van der Waals surface area contributed by atoms with Crippen LogP contribution in [0.25, 0.3) is 11.4 Å². The minimum Gasteiger partial charge on any atom is -0.478 e. The molecule has 0 bridgehead atoms. The van der Waals surface area contributed by atoms with Crippen molar-refractivity contribution >= 4 is 29.1 Å². The average molecular weight is 400 g/mol. The van der Waals surface area contributed by atoms with E-state index in [9.17, 15) is 9.59 Å². The Morgan fingerprint density at radius 3 is 2.73 bits per heavy atom. The fourth-order valence-electron chi connectivity index (χ4n) is 2.53. The number of alkyl halides is 2. The third-order valence-corrected chi connectivity index (χ3v) is 5.66. The number of aromatic nitrogens is 2. The Labute approximate surface area is 160 Å². The van der Waals surface area contributed by atoms with Crippen LogP contribution in [0.3, 0.4) is 0 Å². The van der Waals surface area contributed by atoms with E-state index in [1.165, 1.54) is 0 Å². The van der Waals surface area contributed by atoms with Gasteiger partial charge in [0.25, 0.3) is 5.91 Å². The van der Waals surface area contributed by atoms with Crippen molar-refractivity contribution in [2.24, 2.45) is 5.41 Å². The summed E-state index contributed by atoms with van der Waals surface area (Å²) in [5.41, 5.74) is -0.854. The van der Waals surface area contributed by atoms with Crippen molar-refractivity contribution in [1.29, 1.82) is 0 Å². The Hall–Kier alpha value is -1.99. The van der Waals surface area contributed by atoms with Crippen LogP contribution in [0.5, 0.6) is 5.75 Å². The molecule has 0 spiro atoms. The zero-order chi connectivity index (χ0) is 19.2. The van der Waals surface area contributed by atoms with E-state index in [0.29, 0.717) is 24.3 Å². The normalized spacial score (nSPS) is 21.3. The Morgan fingerprint density at radius 1 is 1.46 bits per heavy atom. The van der Waals surface area contributed by atoms with Crippen LogP contribution in [0.1, 0.15) is 27.2 Å². The van der Waals surface area contributed by atoms with Gasteiger partial charge in [0.2, 0.25) is 0 Å². The van der Waals surface area contributed by atoms with E-state index < -0.39 is 15.7 Å². The van der Waals surface area contributed by atoms with E-state index in [1.54, 1.807) is 38.1 Å². The first-order chi connectivity index (χ1) is 12.0. The number of nitrogens with zero attached hydrogens (tertiary/aromatic N) is 1. The summed E-state index contributed by atoms with van der Waals surface area (Å²) in [4.78, 5) is 26.1. The number of halogens is 2. The van der Waals surface area contributed by atoms with Crippen LogP contribution in [0.4, 0.5) is 0 Å². The molecule has 1 aliphatic rings. The zero-order valence-electron chi connectivity index (χ0n) is 14.6. The van der Waals surface area contributed by atoms with E-state index in [0.717, 1.165) is 0 Å². The molecule has 1 aromatic heterocycles. The summed E-state index contributed by atoms with van der Waals surface area (Å²) >= 11 is 12.2. The van der Waals surface area contributed by atoms with E-state index in [1.807, 2.05) is 6.92 Å². The number of nitrogens with one attached hydrogen (secondary N) is 2. The molecule has 1 atom stereocenters. The van der Waals surface area contributed by atoms with Gasteiger partial charge in [-0.25, -0.2) is 4.79 Å². The van der Waals surface area contributed by atoms with Crippen LogP contribution in [-0.4, -0.2) is 32.5 Å². The summed E-state index contributed by atoms with van der Waals surface area (Å²) in [5.74, 6) is -0.192. The smallest absolute Gasteiger partial charge is 0.439 e. The quantitative estimate of drug-likeness (QED) is 0.727. The van der Waals surface area contributed by atoms with Crippen LogP contribution in [-0.2, 0) is 4.79 Å². The maximum Gasteiger partial charge on any atom is 0.439 e. The van der Waals surface area contributed by atoms with Crippen LogP contribution >= 0.6 is 23.2 Å². The fraction of sp³-hybridized carbons (Fsp3) is 0.471. The molecule has 2 N–H and O–H groups in total. The number of H-pyrrole nitrogens is 1. The molecule has 1 amide bonds. The van der Waals surface area contributed by atoms with Gasteiger partial charge < -0.3 is 10.1 Å². The molecule has 2 aromatic rings. The van der Waals surface area contributed by atoms with Crippen molar-refractivity contribution in [1.82, 2.24) is 15.5 Å². The molecule has 1 fully saturated rings. The molecule has 0 aliphatic heterocycles. The number of rotatable bonds is 6. The number of hydrogen-bond donors (Lipinski definition) is 2. The molecule has 1 heterocycles. The van der Waals surface area contributed by atoms with Gasteiger partial charge >= 0.3 is 5.76 Å². The molecule has 7 nitrogen and oxygen atoms in total. The SMILES string of the molecule is CC(C)(Oc1cccc(-c2noc(=O)[nH]2)c1)C(=O)NCC1(C)CC1(Cl)Cl. The molecule has 0 saturated heterocycles. The summed E-state index contributed by atoms with van der Waals surface area (Å²) < 4.78 is 9.54. The van der Waals surface area contributed by atoms with E-state index in [2.05, 4.69) is 20.0 Å². The first-order valence-corrected chi connectivity index (χ1v) is 8.80. The third kappa shape index (κ3) is 3.73. The molecule has 1 unspecified atom stereocenters. The molecule has 1 saturated carbocycles. The highest BCUT2D eigenvalue weighted by atomic mass is 35.5. The number of carbonyl (C=O) groups excluding carboxylic acids is 1. The summed E-state index contributed by atoms with van der Waals surface area (Å²) in [7, 11) is 0. The highest BCUT2D eigenvalue weighted by molar-refractivity contribution is 6.51. The predicted molar refractivity (Wildman–Crippen MR) is 97.4 cm³/mol. The molecular weight excluding hydrogens is 381 g/mol. The fourth-order valence-corrected chi connectivity index (χ4v) is 3.25. The highest BCUT2D eigenvalue weighted by Crippen LogP contribution is 2.63. The number of benzene rings is 1. The van der Waals surface area contributed by atoms with Crippen molar-refractivity contribution in [3.63, 3.8) is 0 Å². The summed E-state index contributed by atoms with van der Waals surface area (Å²) in [6.07, 6.45) is 0.628. The van der Waals surface area contributed by atoms with Gasteiger partial charge in [0.05, 0.1) is 0 Å². The summed E-state index contributed by atoms with van der Waals surface area (Å²) in [6.45, 7) is 5.61. The molecule has 3 rings (SSSR count). The van der Waals surface area contributed by atoms with Crippen LogP contribution in [0.2, 0.25) is 0 Å². The Bertz CT molecular complexity index is 890. The molecule has 1 aromatic carbocycles. The number of amides is 1. The van der Waals surface area contributed by atoms with Gasteiger partial charge in [0.15, 0.2) is 11.4 Å². The number of aromatic amines is 1. The van der Waals surface area contributed by atoms with Crippen molar-refractivity contribution < 1.29 is 14.1 Å². The second-order valence-electron chi connectivity index (χ2n) is 7.21. The maximum atomic E-state index is 12.5. The first-order valence-electron chi connectivity index (χ1n) is 8.04. The summed E-state index contributed by atoms with van der Waals surface area (Å²) in [6, 6.07) is 6.84. The van der Waals surface area contributed by atoms with Crippen molar-refractivity contribution in [3.8, 4) is 17.1 Å². The lowest BCUT2D eigenvalue weighted by molar-refractivity contribution is -0.134. The van der Waals surface area contributed by atoms with Gasteiger partial charge in [-0.1, -0.05) is 24.2 Å². The second kappa shape index (κ2) is 6.32. The van der Waals surface area contributed by atoms with E-state index in [4.69, 9.17) is 27.9 Å². The van der Waals surface area contributed by atoms with Gasteiger partial charge in [0, 0.05) is 17.5 Å². The van der Waals surface area contributed by atoms with Gasteiger partial charge in [-0.2, -0.15) is 0 Å². The lowest BCUT2D eigenvalue weighted by atomic mass is 10.1. The largest absolute Gasteiger partial charge is 0.478 e. The van der Waals surface area contributed by atoms with Crippen molar-refractivity contribution in [3.05, 3.63) is 34.8 Å². The standard InChI is InChI=1S/C17H19Cl2N3O4/c1-15(2,13(23)20-9-16(3)8-17(16,18)19)25-11-6-4-5-10(7-11)12-21-14(24)26-22-12/h4-7H,8-9H2,1-3H3,(H,20,23)(H,21,22,24). The van der Waals surface area contributed by atoms with Crippen LogP contribution in [0.15, 0.2) is 33.6 Å². The zero-order valence-corrected chi connectivity index (χ0v) is 16.1. The lowest BCUT2D eigenvalue weighted by Gasteiger charge is -2.26. The summed E-state index contributed by atoms with van der Waals surface area (Å²) in [5, 5.41) is 6.48. The Balaban J connectivity index is 1.67. The molecule has 9 heteroatoms. The Kier molecular flexibility index (Phi) is 4.56. The van der Waals surface area contributed by atoms with Crippen LogP contribution < -0.4 is 15.8 Å². The van der Waals surface area contributed by atoms with Crippen molar-refractivity contribution in [2.75, 3.05) is 6.54 Å². The molecule has 0 radical (unpaired) electrons. The van der Waals surface area contributed by atoms with Gasteiger partial charge in [0.1, 0.15) is 10.1 Å². The topological polar surface area (TPSA) is 97.2 Å². The first kappa shape index (κ1) is 18.8. The Morgan fingerprint density at radius 2 is 2.15 bits per heavy atom. The maximum absolute atomic E-state index is 12.5. The molecule has 1 aliphatic carbocycles. The highest BCUT2D eigenvalue weighted by Gasteiger charge is 2.62. The van der Waals surface area contributed by atoms with Gasteiger partial charge in [-0.3, -0.25) is 14.3 Å². The van der Waals surface area contributed by atoms with E-state index in [-0.39, 0.29) is 17.1 Å². The molecular formula is C17H19Cl2N3O4. The predicted octanol–water partition coefficient (Wildman–Crippen LogP) is 2.89. The number of ether oxygens (including phenoxy) is 1. The second-order valence-corrected chi connectivity index (χ2v) is 8.69. The average Bonchev–Trinajstić information content (AvgIpc) is 2.86. The monoisotopic (exact) mass is 399 g/mol. The number of hydrogen-bond acceptors (Lipinski definition) is 5. The van der Waals surface area contributed by atoms with Gasteiger partial charge in [-0.05, 0) is 32.4 Å². The van der Waals surface area contributed by atoms with Crippen LogP contribution in [0, 0.1) is 5.41 Å².